The van der Waals surface area contributed by atoms with Gasteiger partial charge in [0.1, 0.15) is 11.6 Å². The van der Waals surface area contributed by atoms with E-state index in [1.165, 1.54) is 24.6 Å². The second-order valence-corrected chi connectivity index (χ2v) is 6.76. The van der Waals surface area contributed by atoms with Gasteiger partial charge in [-0.15, -0.1) is 10.2 Å². The van der Waals surface area contributed by atoms with Crippen LogP contribution in [0.25, 0.3) is 0 Å². The maximum atomic E-state index is 11.9. The molecule has 0 aromatic carbocycles. The molecule has 1 aliphatic rings. The van der Waals surface area contributed by atoms with Gasteiger partial charge in [0.25, 0.3) is 0 Å². The van der Waals surface area contributed by atoms with E-state index in [-0.39, 0.29) is 11.2 Å². The smallest absolute Gasteiger partial charge is 0.191 e. The van der Waals surface area contributed by atoms with Crippen LogP contribution in [0.4, 0.5) is 0 Å². The summed E-state index contributed by atoms with van der Waals surface area (Å²) < 4.78 is 2.15. The molecular formula is C13H21N3OS. The monoisotopic (exact) mass is 267 g/mol. The zero-order chi connectivity index (χ0) is 13.3. The number of carbonyl (C=O) groups excluding carboxylic acids is 1. The first-order valence-electron chi connectivity index (χ1n) is 6.52. The first-order valence-corrected chi connectivity index (χ1v) is 7.51. The molecule has 0 saturated heterocycles. The van der Waals surface area contributed by atoms with Crippen LogP contribution in [0, 0.1) is 5.41 Å². The van der Waals surface area contributed by atoms with Gasteiger partial charge in [-0.05, 0) is 19.8 Å². The second-order valence-electron chi connectivity index (χ2n) is 5.82. The summed E-state index contributed by atoms with van der Waals surface area (Å²) in [7, 11) is 0. The van der Waals surface area contributed by atoms with Crippen molar-refractivity contribution in [3.05, 3.63) is 5.82 Å². The number of hydrogen-bond donors (Lipinski definition) is 0. The summed E-state index contributed by atoms with van der Waals surface area (Å²) in [5.74, 6) is 2.44. The van der Waals surface area contributed by atoms with Gasteiger partial charge in [0.15, 0.2) is 5.16 Å². The van der Waals surface area contributed by atoms with E-state index < -0.39 is 0 Å². The van der Waals surface area contributed by atoms with Crippen molar-refractivity contribution in [1.29, 1.82) is 0 Å². The van der Waals surface area contributed by atoms with Crippen molar-refractivity contribution in [2.45, 2.75) is 58.2 Å². The predicted molar refractivity (Wildman–Crippen MR) is 72.9 cm³/mol. The zero-order valence-corrected chi connectivity index (χ0v) is 12.4. The highest BCUT2D eigenvalue weighted by Crippen LogP contribution is 2.40. The summed E-state index contributed by atoms with van der Waals surface area (Å²) in [5, 5.41) is 9.38. The number of rotatable bonds is 5. The van der Waals surface area contributed by atoms with E-state index in [1.807, 2.05) is 20.8 Å². The van der Waals surface area contributed by atoms with Gasteiger partial charge in [0.2, 0.25) is 0 Å². The Hall–Kier alpha value is -0.840. The van der Waals surface area contributed by atoms with Crippen LogP contribution in [0.1, 0.15) is 52.3 Å². The topological polar surface area (TPSA) is 47.8 Å². The summed E-state index contributed by atoms with van der Waals surface area (Å²) >= 11 is 1.51. The van der Waals surface area contributed by atoms with E-state index in [1.54, 1.807) is 0 Å². The molecule has 100 valence electrons. The van der Waals surface area contributed by atoms with E-state index in [4.69, 9.17) is 0 Å². The molecule has 0 unspecified atom stereocenters. The van der Waals surface area contributed by atoms with Crippen LogP contribution in [0.15, 0.2) is 5.16 Å². The Morgan fingerprint density at radius 3 is 2.56 bits per heavy atom. The molecule has 18 heavy (non-hydrogen) atoms. The summed E-state index contributed by atoms with van der Waals surface area (Å²) in [6.45, 7) is 8.85. The molecule has 0 amide bonds. The lowest BCUT2D eigenvalue weighted by molar-refractivity contribution is -0.123. The van der Waals surface area contributed by atoms with Crippen LogP contribution < -0.4 is 0 Å². The van der Waals surface area contributed by atoms with Gasteiger partial charge in [-0.1, -0.05) is 32.5 Å². The molecule has 1 saturated carbocycles. The van der Waals surface area contributed by atoms with E-state index in [0.717, 1.165) is 17.5 Å². The highest BCUT2D eigenvalue weighted by molar-refractivity contribution is 7.99. The summed E-state index contributed by atoms with van der Waals surface area (Å²) in [6.07, 6.45) is 2.45. The Balaban J connectivity index is 2.03. The van der Waals surface area contributed by atoms with Crippen molar-refractivity contribution in [3.8, 4) is 0 Å². The van der Waals surface area contributed by atoms with Crippen LogP contribution in [-0.2, 0) is 11.3 Å². The van der Waals surface area contributed by atoms with Crippen LogP contribution >= 0.6 is 11.8 Å². The number of aromatic nitrogens is 3. The number of nitrogens with zero attached hydrogens (tertiary/aromatic N) is 3. The lowest BCUT2D eigenvalue weighted by atomic mass is 9.92. The maximum Gasteiger partial charge on any atom is 0.191 e. The van der Waals surface area contributed by atoms with Crippen LogP contribution in [0.3, 0.4) is 0 Å². The first-order chi connectivity index (χ1) is 8.43. The number of Topliss-reactive ketones (excluding diaryl/α,β-unsaturated/α-hetero) is 1. The average molecular weight is 267 g/mol. The van der Waals surface area contributed by atoms with E-state index in [2.05, 4.69) is 21.7 Å². The zero-order valence-electron chi connectivity index (χ0n) is 11.6. The Kier molecular flexibility index (Phi) is 3.80. The quantitative estimate of drug-likeness (QED) is 0.770. The van der Waals surface area contributed by atoms with Crippen LogP contribution in [-0.4, -0.2) is 26.3 Å². The van der Waals surface area contributed by atoms with Gasteiger partial charge < -0.3 is 4.57 Å². The molecule has 1 aromatic rings. The number of carbonyl (C=O) groups is 1. The maximum absolute atomic E-state index is 11.9. The molecule has 0 spiro atoms. The van der Waals surface area contributed by atoms with Crippen molar-refractivity contribution < 1.29 is 4.79 Å². The second kappa shape index (κ2) is 5.03. The molecule has 0 bridgehead atoms. The molecule has 1 fully saturated rings. The third-order valence-corrected chi connectivity index (χ3v) is 4.14. The van der Waals surface area contributed by atoms with Crippen molar-refractivity contribution in [2.24, 2.45) is 5.41 Å². The van der Waals surface area contributed by atoms with Gasteiger partial charge >= 0.3 is 0 Å². The molecule has 2 rings (SSSR count). The predicted octanol–water partition coefficient (Wildman–Crippen LogP) is 2.88. The first kappa shape index (κ1) is 13.6. The van der Waals surface area contributed by atoms with Crippen LogP contribution in [0.5, 0.6) is 0 Å². The molecule has 5 heteroatoms. The van der Waals surface area contributed by atoms with Crippen molar-refractivity contribution in [3.63, 3.8) is 0 Å². The molecule has 1 aliphatic carbocycles. The van der Waals surface area contributed by atoms with E-state index in [9.17, 15) is 4.79 Å². The third kappa shape index (κ3) is 2.94. The average Bonchev–Trinajstić information content (AvgIpc) is 3.05. The lowest BCUT2D eigenvalue weighted by Crippen LogP contribution is -2.22. The largest absolute Gasteiger partial charge is 0.306 e. The molecule has 0 aliphatic heterocycles. The van der Waals surface area contributed by atoms with E-state index in [0.29, 0.717) is 11.7 Å². The summed E-state index contributed by atoms with van der Waals surface area (Å²) in [5.41, 5.74) is -0.274. The Morgan fingerprint density at radius 1 is 1.39 bits per heavy atom. The standard InChI is InChI=1S/C13H21N3OS/c1-5-16-11(9-6-7-9)14-15-12(16)18-8-10(17)13(2,3)4/h9H,5-8H2,1-4H3. The van der Waals surface area contributed by atoms with Crippen molar-refractivity contribution in [2.75, 3.05) is 5.75 Å². The normalized spacial score (nSPS) is 16.0. The minimum Gasteiger partial charge on any atom is -0.306 e. The highest BCUT2D eigenvalue weighted by Gasteiger charge is 2.30. The fourth-order valence-corrected chi connectivity index (χ4v) is 2.86. The fourth-order valence-electron chi connectivity index (χ4n) is 1.69. The molecule has 1 aromatic heterocycles. The van der Waals surface area contributed by atoms with Crippen molar-refractivity contribution >= 4 is 17.5 Å². The number of thioether (sulfide) groups is 1. The molecule has 0 N–H and O–H groups in total. The number of ketones is 1. The van der Waals surface area contributed by atoms with Gasteiger partial charge in [-0.2, -0.15) is 0 Å². The fraction of sp³-hybridized carbons (Fsp3) is 0.769. The van der Waals surface area contributed by atoms with Gasteiger partial charge in [0, 0.05) is 17.9 Å². The summed E-state index contributed by atoms with van der Waals surface area (Å²) in [6, 6.07) is 0. The Bertz CT molecular complexity index is 444. The molecule has 0 radical (unpaired) electrons. The third-order valence-electron chi connectivity index (χ3n) is 3.17. The summed E-state index contributed by atoms with van der Waals surface area (Å²) in [4.78, 5) is 11.9. The lowest BCUT2D eigenvalue weighted by Gasteiger charge is -2.15. The van der Waals surface area contributed by atoms with Crippen molar-refractivity contribution in [1.82, 2.24) is 14.8 Å². The SMILES string of the molecule is CCn1c(SCC(=O)C(C)(C)C)nnc1C1CC1. The van der Waals surface area contributed by atoms with E-state index >= 15 is 0 Å². The van der Waals surface area contributed by atoms with Gasteiger partial charge in [-0.3, -0.25) is 4.79 Å². The molecule has 1 heterocycles. The molecule has 4 nitrogen and oxygen atoms in total. The van der Waals surface area contributed by atoms with Crippen LogP contribution in [0.2, 0.25) is 0 Å². The molecule has 0 atom stereocenters. The minimum atomic E-state index is -0.274. The number of hydrogen-bond acceptors (Lipinski definition) is 4. The Labute approximate surface area is 113 Å². The molecular weight excluding hydrogens is 246 g/mol. The minimum absolute atomic E-state index is 0.256. The Morgan fingerprint density at radius 2 is 2.06 bits per heavy atom. The van der Waals surface area contributed by atoms with Gasteiger partial charge in [-0.25, -0.2) is 0 Å². The van der Waals surface area contributed by atoms with Gasteiger partial charge in [0.05, 0.1) is 5.75 Å². The highest BCUT2D eigenvalue weighted by atomic mass is 32.2.